The summed E-state index contributed by atoms with van der Waals surface area (Å²) in [4.78, 5) is 2.30. The molecule has 0 bridgehead atoms. The van der Waals surface area contributed by atoms with Gasteiger partial charge in [-0.15, -0.1) is 0 Å². The number of hydrogen-bond donors (Lipinski definition) is 1. The van der Waals surface area contributed by atoms with Crippen LogP contribution in [0.2, 0.25) is 10.0 Å². The largest absolute Gasteiger partial charge is 0.367 e. The van der Waals surface area contributed by atoms with E-state index in [1.807, 2.05) is 12.1 Å². The van der Waals surface area contributed by atoms with Gasteiger partial charge in [0.15, 0.2) is 0 Å². The van der Waals surface area contributed by atoms with Gasteiger partial charge in [0.25, 0.3) is 0 Å². The lowest BCUT2D eigenvalue weighted by Gasteiger charge is -2.43. The highest BCUT2D eigenvalue weighted by Gasteiger charge is 2.31. The molecule has 3 unspecified atom stereocenters. The monoisotopic (exact) mass is 350 g/mol. The van der Waals surface area contributed by atoms with Crippen LogP contribution >= 0.6 is 39.1 Å². The molecule has 1 heterocycles. The molecule has 18 heavy (non-hydrogen) atoms. The van der Waals surface area contributed by atoms with Crippen molar-refractivity contribution in [1.29, 1.82) is 0 Å². The molecular formula is C13H17BrCl2N2. The summed E-state index contributed by atoms with van der Waals surface area (Å²) in [6, 6.07) is 4.58. The molecule has 2 nitrogen and oxygen atoms in total. The molecule has 1 aromatic carbocycles. The quantitative estimate of drug-likeness (QED) is 0.763. The van der Waals surface area contributed by atoms with Crippen molar-refractivity contribution in [3.63, 3.8) is 0 Å². The average Bonchev–Trinajstić information content (AvgIpc) is 2.35. The van der Waals surface area contributed by atoms with Crippen molar-refractivity contribution in [1.82, 2.24) is 0 Å². The van der Waals surface area contributed by atoms with Crippen LogP contribution in [-0.2, 0) is 0 Å². The summed E-state index contributed by atoms with van der Waals surface area (Å²) in [5.74, 6) is 0.442. The molecule has 1 aliphatic rings. The third kappa shape index (κ3) is 2.51. The molecule has 5 heteroatoms. The van der Waals surface area contributed by atoms with Gasteiger partial charge in [-0.2, -0.15) is 0 Å². The van der Waals surface area contributed by atoms with Gasteiger partial charge in [-0.3, -0.25) is 0 Å². The number of anilines is 1. The van der Waals surface area contributed by atoms with Crippen LogP contribution in [-0.4, -0.2) is 18.6 Å². The predicted octanol–water partition coefficient (Wildman–Crippen LogP) is 4.32. The van der Waals surface area contributed by atoms with E-state index in [0.717, 1.165) is 23.1 Å². The maximum atomic E-state index is 6.35. The van der Waals surface area contributed by atoms with E-state index in [9.17, 15) is 0 Å². The molecule has 1 aromatic rings. The van der Waals surface area contributed by atoms with Crippen molar-refractivity contribution < 1.29 is 0 Å². The number of rotatable bonds is 1. The molecule has 0 amide bonds. The minimum atomic E-state index is 0.265. The maximum Gasteiger partial charge on any atom is 0.0837 e. The van der Waals surface area contributed by atoms with E-state index in [2.05, 4.69) is 34.7 Å². The van der Waals surface area contributed by atoms with Gasteiger partial charge >= 0.3 is 0 Å². The molecule has 1 fully saturated rings. The third-order valence-corrected chi connectivity index (χ3v) is 5.72. The van der Waals surface area contributed by atoms with Crippen LogP contribution in [0.15, 0.2) is 16.6 Å². The second-order valence-electron chi connectivity index (χ2n) is 4.94. The normalized spacial score (nSPS) is 28.6. The van der Waals surface area contributed by atoms with E-state index in [0.29, 0.717) is 22.0 Å². The van der Waals surface area contributed by atoms with Crippen LogP contribution in [0.25, 0.3) is 0 Å². The molecule has 0 radical (unpaired) electrons. The summed E-state index contributed by atoms with van der Waals surface area (Å²) in [7, 11) is 0. The summed E-state index contributed by atoms with van der Waals surface area (Å²) < 4.78 is 0.826. The van der Waals surface area contributed by atoms with E-state index >= 15 is 0 Å². The first-order chi connectivity index (χ1) is 8.43. The standard InChI is InChI=1S/C13H17BrCl2N2/c1-7-8(2)18(6-5-10(7)17)11-4-3-9(14)12(15)13(11)16/h3-4,7-8,10H,5-6,17H2,1-2H3. The zero-order chi connectivity index (χ0) is 13.4. The fourth-order valence-electron chi connectivity index (χ4n) is 2.47. The second-order valence-corrected chi connectivity index (χ2v) is 6.55. The van der Waals surface area contributed by atoms with E-state index < -0.39 is 0 Å². The summed E-state index contributed by atoms with van der Waals surface area (Å²) in [6.07, 6.45) is 0.982. The first kappa shape index (κ1) is 14.4. The van der Waals surface area contributed by atoms with Crippen LogP contribution in [0.1, 0.15) is 20.3 Å². The first-order valence-electron chi connectivity index (χ1n) is 6.09. The van der Waals surface area contributed by atoms with Crippen molar-refractivity contribution in [3.05, 3.63) is 26.7 Å². The van der Waals surface area contributed by atoms with E-state index in [1.165, 1.54) is 0 Å². The molecule has 100 valence electrons. The Morgan fingerprint density at radius 1 is 1.28 bits per heavy atom. The number of piperidine rings is 1. The number of benzene rings is 1. The Hall–Kier alpha value is 0.0400. The Bertz CT molecular complexity index is 453. The minimum Gasteiger partial charge on any atom is -0.367 e. The second kappa shape index (κ2) is 5.58. The number of nitrogens with two attached hydrogens (primary N) is 1. The summed E-state index contributed by atoms with van der Waals surface area (Å²) >= 11 is 15.9. The van der Waals surface area contributed by atoms with Gasteiger partial charge in [0.1, 0.15) is 0 Å². The molecule has 0 spiro atoms. The highest BCUT2D eigenvalue weighted by molar-refractivity contribution is 9.10. The molecule has 0 aliphatic carbocycles. The topological polar surface area (TPSA) is 29.3 Å². The zero-order valence-corrected chi connectivity index (χ0v) is 13.6. The van der Waals surface area contributed by atoms with E-state index in [4.69, 9.17) is 28.9 Å². The highest BCUT2D eigenvalue weighted by atomic mass is 79.9. The lowest BCUT2D eigenvalue weighted by atomic mass is 9.87. The van der Waals surface area contributed by atoms with Gasteiger partial charge in [-0.05, 0) is 47.3 Å². The van der Waals surface area contributed by atoms with Crippen LogP contribution in [0.3, 0.4) is 0 Å². The van der Waals surface area contributed by atoms with Gasteiger partial charge < -0.3 is 10.6 Å². The Morgan fingerprint density at radius 2 is 1.94 bits per heavy atom. The zero-order valence-electron chi connectivity index (χ0n) is 10.5. The van der Waals surface area contributed by atoms with E-state index in [-0.39, 0.29) is 6.04 Å². The Kier molecular flexibility index (Phi) is 4.48. The molecular weight excluding hydrogens is 335 g/mol. The van der Waals surface area contributed by atoms with Gasteiger partial charge in [0, 0.05) is 23.1 Å². The number of hydrogen-bond acceptors (Lipinski definition) is 2. The SMILES string of the molecule is CC1C(N)CCN(c2ccc(Br)c(Cl)c2Cl)C1C. The van der Waals surface area contributed by atoms with Crippen LogP contribution in [0, 0.1) is 5.92 Å². The van der Waals surface area contributed by atoms with Gasteiger partial charge in [-0.1, -0.05) is 30.1 Å². The smallest absolute Gasteiger partial charge is 0.0837 e. The lowest BCUT2D eigenvalue weighted by molar-refractivity contribution is 0.315. The first-order valence-corrected chi connectivity index (χ1v) is 7.64. The van der Waals surface area contributed by atoms with E-state index in [1.54, 1.807) is 0 Å². The molecule has 2 N–H and O–H groups in total. The van der Waals surface area contributed by atoms with Crippen LogP contribution in [0.5, 0.6) is 0 Å². The Labute approximate surface area is 127 Å². The summed E-state index contributed by atoms with van der Waals surface area (Å²) in [5.41, 5.74) is 7.10. The van der Waals surface area contributed by atoms with Crippen LogP contribution in [0.4, 0.5) is 5.69 Å². The van der Waals surface area contributed by atoms with Gasteiger partial charge in [0.05, 0.1) is 15.7 Å². The molecule has 0 saturated carbocycles. The minimum absolute atomic E-state index is 0.265. The molecule has 2 rings (SSSR count). The maximum absolute atomic E-state index is 6.35. The molecule has 1 aliphatic heterocycles. The summed E-state index contributed by atoms with van der Waals surface area (Å²) in [6.45, 7) is 5.30. The van der Waals surface area contributed by atoms with Gasteiger partial charge in [0.2, 0.25) is 0 Å². The van der Waals surface area contributed by atoms with Crippen molar-refractivity contribution in [2.75, 3.05) is 11.4 Å². The van der Waals surface area contributed by atoms with Crippen molar-refractivity contribution in [2.24, 2.45) is 11.7 Å². The fourth-order valence-corrected chi connectivity index (χ4v) is 3.35. The lowest BCUT2D eigenvalue weighted by Crippen LogP contribution is -2.52. The fraction of sp³-hybridized carbons (Fsp3) is 0.538. The summed E-state index contributed by atoms with van der Waals surface area (Å²) in [5, 5.41) is 1.18. The predicted molar refractivity (Wildman–Crippen MR) is 82.7 cm³/mol. The Balaban J connectivity index is 2.35. The third-order valence-electron chi connectivity index (χ3n) is 3.96. The number of nitrogens with zero attached hydrogens (tertiary/aromatic N) is 1. The van der Waals surface area contributed by atoms with Gasteiger partial charge in [-0.25, -0.2) is 0 Å². The average molecular weight is 352 g/mol. The Morgan fingerprint density at radius 3 is 2.61 bits per heavy atom. The molecule has 1 saturated heterocycles. The van der Waals surface area contributed by atoms with Crippen LogP contribution < -0.4 is 10.6 Å². The van der Waals surface area contributed by atoms with Crippen molar-refractivity contribution in [3.8, 4) is 0 Å². The molecule has 3 atom stereocenters. The van der Waals surface area contributed by atoms with Crippen molar-refractivity contribution in [2.45, 2.75) is 32.4 Å². The molecule has 0 aromatic heterocycles. The highest BCUT2D eigenvalue weighted by Crippen LogP contribution is 2.40. The number of halogens is 3. The van der Waals surface area contributed by atoms with Crippen molar-refractivity contribution >= 4 is 44.8 Å².